The molecule has 0 spiro atoms. The maximum absolute atomic E-state index is 12.1. The quantitative estimate of drug-likeness (QED) is 0.777. The van der Waals surface area contributed by atoms with Crippen LogP contribution in [0.5, 0.6) is 0 Å². The monoisotopic (exact) mass is 320 g/mol. The number of carboxylic acid groups (broad SMARTS) is 1. The molecule has 6 heteroatoms. The molecule has 0 radical (unpaired) electrons. The number of carboxylic acids is 1. The average Bonchev–Trinajstić information content (AvgIpc) is 2.45. The van der Waals surface area contributed by atoms with Crippen LogP contribution in [0.2, 0.25) is 0 Å². The fraction of sp³-hybridized carbons (Fsp3) is 0.471. The molecule has 0 bridgehead atoms. The van der Waals surface area contributed by atoms with Crippen LogP contribution in [0, 0.1) is 11.3 Å². The summed E-state index contributed by atoms with van der Waals surface area (Å²) in [6.45, 7) is 9.24. The van der Waals surface area contributed by atoms with Crippen molar-refractivity contribution in [2.24, 2.45) is 11.3 Å². The van der Waals surface area contributed by atoms with Crippen molar-refractivity contribution >= 4 is 23.5 Å². The van der Waals surface area contributed by atoms with Gasteiger partial charge >= 0.3 is 5.97 Å². The van der Waals surface area contributed by atoms with Crippen LogP contribution < -0.4 is 10.6 Å². The van der Waals surface area contributed by atoms with E-state index in [-0.39, 0.29) is 17.2 Å². The number of nitrogens with one attached hydrogen (secondary N) is 2. The third kappa shape index (κ3) is 5.39. The highest BCUT2D eigenvalue weighted by Crippen LogP contribution is 2.26. The summed E-state index contributed by atoms with van der Waals surface area (Å²) in [5, 5.41) is 14.0. The molecule has 0 saturated carbocycles. The zero-order valence-corrected chi connectivity index (χ0v) is 14.1. The summed E-state index contributed by atoms with van der Waals surface area (Å²) < 4.78 is 0. The maximum atomic E-state index is 12.1. The highest BCUT2D eigenvalue weighted by molar-refractivity contribution is 5.97. The Bertz CT molecular complexity index is 588. The van der Waals surface area contributed by atoms with Crippen LogP contribution in [-0.4, -0.2) is 28.9 Å². The minimum Gasteiger partial charge on any atom is -0.480 e. The first-order valence-corrected chi connectivity index (χ1v) is 7.47. The molecule has 0 aromatic heterocycles. The summed E-state index contributed by atoms with van der Waals surface area (Å²) in [7, 11) is 0. The van der Waals surface area contributed by atoms with Gasteiger partial charge in [0, 0.05) is 17.2 Å². The van der Waals surface area contributed by atoms with E-state index < -0.39 is 17.9 Å². The summed E-state index contributed by atoms with van der Waals surface area (Å²) in [6, 6.07) is 5.36. The van der Waals surface area contributed by atoms with Crippen molar-refractivity contribution in [3.05, 3.63) is 29.8 Å². The van der Waals surface area contributed by atoms with Gasteiger partial charge in [0.15, 0.2) is 0 Å². The number of anilines is 1. The van der Waals surface area contributed by atoms with E-state index in [4.69, 9.17) is 5.11 Å². The molecule has 1 aromatic rings. The normalized spacial score (nSPS) is 13.8. The molecule has 2 atom stereocenters. The molecular formula is C17H24N2O4. The van der Waals surface area contributed by atoms with Gasteiger partial charge in [-0.1, -0.05) is 27.7 Å². The number of aliphatic carboxylic acids is 1. The number of benzene rings is 1. The lowest BCUT2D eigenvalue weighted by Crippen LogP contribution is -2.38. The lowest BCUT2D eigenvalue weighted by molar-refractivity contribution is -0.138. The summed E-state index contributed by atoms with van der Waals surface area (Å²) in [5.74, 6) is -1.82. The Labute approximate surface area is 136 Å². The highest BCUT2D eigenvalue weighted by atomic mass is 16.4. The predicted molar refractivity (Wildman–Crippen MR) is 88.3 cm³/mol. The highest BCUT2D eigenvalue weighted by Gasteiger charge is 2.26. The van der Waals surface area contributed by atoms with Crippen molar-refractivity contribution in [1.29, 1.82) is 0 Å². The molecule has 0 heterocycles. The molecule has 1 rings (SSSR count). The molecule has 23 heavy (non-hydrogen) atoms. The van der Waals surface area contributed by atoms with Crippen LogP contribution in [0.3, 0.4) is 0 Å². The third-order valence-corrected chi connectivity index (χ3v) is 3.82. The van der Waals surface area contributed by atoms with Gasteiger partial charge in [-0.3, -0.25) is 14.4 Å². The number of carbonyl (C=O) groups is 3. The topological polar surface area (TPSA) is 95.5 Å². The van der Waals surface area contributed by atoms with E-state index in [0.717, 1.165) is 0 Å². The van der Waals surface area contributed by atoms with E-state index in [0.29, 0.717) is 11.3 Å². The molecule has 126 valence electrons. The number of hydrogen-bond donors (Lipinski definition) is 3. The van der Waals surface area contributed by atoms with Crippen LogP contribution >= 0.6 is 0 Å². The molecule has 2 amide bonds. The standard InChI is InChI=1S/C17H24N2O4/c1-10(17(3,4)5)14(20)19-13-8-6-12(7-9-13)15(21)18-11(2)16(22)23/h6-11H,1-5H3,(H,18,21)(H,19,20)(H,22,23). The Balaban J connectivity index is 2.72. The van der Waals surface area contributed by atoms with Crippen LogP contribution in [0.15, 0.2) is 24.3 Å². The Morgan fingerprint density at radius 1 is 1.04 bits per heavy atom. The number of carbonyl (C=O) groups excluding carboxylic acids is 2. The van der Waals surface area contributed by atoms with Gasteiger partial charge in [0.2, 0.25) is 5.91 Å². The van der Waals surface area contributed by atoms with Crippen molar-refractivity contribution in [3.63, 3.8) is 0 Å². The Kier molecular flexibility index (Phi) is 5.90. The number of amides is 2. The van der Waals surface area contributed by atoms with Crippen molar-refractivity contribution in [2.75, 3.05) is 5.32 Å². The lowest BCUT2D eigenvalue weighted by Gasteiger charge is -2.26. The van der Waals surface area contributed by atoms with Crippen molar-refractivity contribution in [1.82, 2.24) is 5.32 Å². The lowest BCUT2D eigenvalue weighted by atomic mass is 9.81. The van der Waals surface area contributed by atoms with Gasteiger partial charge in [-0.2, -0.15) is 0 Å². The summed E-state index contributed by atoms with van der Waals surface area (Å²) in [5.41, 5.74) is 0.783. The summed E-state index contributed by atoms with van der Waals surface area (Å²) >= 11 is 0. The van der Waals surface area contributed by atoms with Gasteiger partial charge in [0.05, 0.1) is 0 Å². The van der Waals surface area contributed by atoms with E-state index >= 15 is 0 Å². The first-order valence-electron chi connectivity index (χ1n) is 7.47. The van der Waals surface area contributed by atoms with Gasteiger partial charge in [-0.05, 0) is 36.6 Å². The molecular weight excluding hydrogens is 296 g/mol. The molecule has 3 N–H and O–H groups in total. The van der Waals surface area contributed by atoms with Crippen LogP contribution in [0.4, 0.5) is 5.69 Å². The van der Waals surface area contributed by atoms with Crippen LogP contribution in [0.25, 0.3) is 0 Å². The van der Waals surface area contributed by atoms with Crippen molar-refractivity contribution in [3.8, 4) is 0 Å². The first kappa shape index (κ1) is 18.7. The molecule has 0 aliphatic heterocycles. The van der Waals surface area contributed by atoms with Crippen molar-refractivity contribution < 1.29 is 19.5 Å². The van der Waals surface area contributed by atoms with E-state index in [1.165, 1.54) is 6.92 Å². The molecule has 0 fully saturated rings. The minimum atomic E-state index is -1.10. The average molecular weight is 320 g/mol. The van der Waals surface area contributed by atoms with Gasteiger partial charge in [-0.15, -0.1) is 0 Å². The molecule has 0 aliphatic carbocycles. The first-order chi connectivity index (χ1) is 10.5. The largest absolute Gasteiger partial charge is 0.480 e. The molecule has 0 aliphatic rings. The van der Waals surface area contributed by atoms with E-state index in [9.17, 15) is 14.4 Å². The SMILES string of the molecule is CC(NC(=O)c1ccc(NC(=O)C(C)C(C)(C)C)cc1)C(=O)O. The Morgan fingerprint density at radius 2 is 1.57 bits per heavy atom. The predicted octanol–water partition coefficient (Wildman–Crippen LogP) is 2.51. The fourth-order valence-corrected chi connectivity index (χ4v) is 1.69. The summed E-state index contributed by atoms with van der Waals surface area (Å²) in [6.07, 6.45) is 0. The Morgan fingerprint density at radius 3 is 2.00 bits per heavy atom. The van der Waals surface area contributed by atoms with Gasteiger partial charge in [0.25, 0.3) is 5.91 Å². The second-order valence-corrected chi connectivity index (χ2v) is 6.69. The molecule has 6 nitrogen and oxygen atoms in total. The van der Waals surface area contributed by atoms with Gasteiger partial charge in [0.1, 0.15) is 6.04 Å². The van der Waals surface area contributed by atoms with Gasteiger partial charge in [-0.25, -0.2) is 0 Å². The smallest absolute Gasteiger partial charge is 0.325 e. The van der Waals surface area contributed by atoms with Crippen molar-refractivity contribution in [2.45, 2.75) is 40.7 Å². The fourth-order valence-electron chi connectivity index (χ4n) is 1.69. The van der Waals surface area contributed by atoms with E-state index in [1.807, 2.05) is 27.7 Å². The second-order valence-electron chi connectivity index (χ2n) is 6.69. The van der Waals surface area contributed by atoms with Crippen LogP contribution in [-0.2, 0) is 9.59 Å². The summed E-state index contributed by atoms with van der Waals surface area (Å²) in [4.78, 5) is 34.7. The van der Waals surface area contributed by atoms with E-state index in [1.54, 1.807) is 24.3 Å². The van der Waals surface area contributed by atoms with E-state index in [2.05, 4.69) is 10.6 Å². The number of rotatable bonds is 5. The maximum Gasteiger partial charge on any atom is 0.325 e. The molecule has 1 aromatic carbocycles. The number of hydrogen-bond acceptors (Lipinski definition) is 3. The minimum absolute atomic E-state index is 0.0887. The Hall–Kier alpha value is -2.37. The third-order valence-electron chi connectivity index (χ3n) is 3.82. The zero-order chi connectivity index (χ0) is 17.8. The van der Waals surface area contributed by atoms with Gasteiger partial charge < -0.3 is 15.7 Å². The zero-order valence-electron chi connectivity index (χ0n) is 14.1. The second kappa shape index (κ2) is 7.26. The molecule has 2 unspecified atom stereocenters. The van der Waals surface area contributed by atoms with Crippen LogP contribution in [0.1, 0.15) is 45.0 Å². The molecule has 0 saturated heterocycles.